The summed E-state index contributed by atoms with van der Waals surface area (Å²) in [6, 6.07) is 14.5. The Kier molecular flexibility index (Phi) is 4.50. The van der Waals surface area contributed by atoms with Crippen molar-refractivity contribution in [1.82, 2.24) is 4.31 Å². The molecule has 0 aliphatic rings. The molecule has 0 amide bonds. The Hall–Kier alpha value is -2.05. The second-order valence-corrected chi connectivity index (χ2v) is 6.70. The van der Waals surface area contributed by atoms with Crippen LogP contribution in [-0.2, 0) is 16.8 Å². The standard InChI is InChI=1S/C15H19N3O2S/c1-12-8-9-14(10-15(12)16)17-21(19,20)18(2)11-13-6-4-3-5-7-13/h3-10,17H,11,16H2,1-2H3. The third-order valence-electron chi connectivity index (χ3n) is 3.18. The van der Waals surface area contributed by atoms with Crippen LogP contribution in [0.3, 0.4) is 0 Å². The normalized spacial score (nSPS) is 11.6. The van der Waals surface area contributed by atoms with Crippen LogP contribution in [0.25, 0.3) is 0 Å². The summed E-state index contributed by atoms with van der Waals surface area (Å²) in [5, 5.41) is 0. The van der Waals surface area contributed by atoms with E-state index in [-0.39, 0.29) is 0 Å². The van der Waals surface area contributed by atoms with Gasteiger partial charge in [0.15, 0.2) is 0 Å². The molecule has 3 N–H and O–H groups in total. The molecule has 0 saturated carbocycles. The molecule has 0 fully saturated rings. The maximum Gasteiger partial charge on any atom is 0.301 e. The number of anilines is 2. The summed E-state index contributed by atoms with van der Waals surface area (Å²) >= 11 is 0. The molecule has 0 unspecified atom stereocenters. The second kappa shape index (κ2) is 6.15. The lowest BCUT2D eigenvalue weighted by Crippen LogP contribution is -2.32. The van der Waals surface area contributed by atoms with Gasteiger partial charge in [-0.25, -0.2) is 0 Å². The lowest BCUT2D eigenvalue weighted by molar-refractivity contribution is 0.471. The van der Waals surface area contributed by atoms with Gasteiger partial charge in [-0.2, -0.15) is 12.7 Å². The van der Waals surface area contributed by atoms with Gasteiger partial charge in [0, 0.05) is 19.3 Å². The van der Waals surface area contributed by atoms with E-state index in [9.17, 15) is 8.42 Å². The van der Waals surface area contributed by atoms with Gasteiger partial charge in [-0.15, -0.1) is 0 Å². The number of nitrogens with one attached hydrogen (secondary N) is 1. The van der Waals surface area contributed by atoms with Crippen molar-refractivity contribution in [2.24, 2.45) is 0 Å². The molecule has 0 aromatic heterocycles. The number of nitrogens with zero attached hydrogens (tertiary/aromatic N) is 1. The number of benzene rings is 2. The van der Waals surface area contributed by atoms with Crippen molar-refractivity contribution in [3.05, 3.63) is 59.7 Å². The van der Waals surface area contributed by atoms with Gasteiger partial charge in [-0.3, -0.25) is 4.72 Å². The smallest absolute Gasteiger partial charge is 0.301 e. The average molecular weight is 305 g/mol. The van der Waals surface area contributed by atoms with E-state index in [0.717, 1.165) is 11.1 Å². The third kappa shape index (κ3) is 3.96. The summed E-state index contributed by atoms with van der Waals surface area (Å²) in [6.45, 7) is 2.17. The molecule has 0 aliphatic heterocycles. The van der Waals surface area contributed by atoms with E-state index in [0.29, 0.717) is 17.9 Å². The van der Waals surface area contributed by atoms with Crippen molar-refractivity contribution in [1.29, 1.82) is 0 Å². The summed E-state index contributed by atoms with van der Waals surface area (Å²) < 4.78 is 28.3. The first-order chi connectivity index (χ1) is 9.88. The number of rotatable bonds is 5. The predicted octanol–water partition coefficient (Wildman–Crippen LogP) is 2.37. The summed E-state index contributed by atoms with van der Waals surface area (Å²) in [5.74, 6) is 0. The first-order valence-electron chi connectivity index (χ1n) is 6.52. The zero-order valence-electron chi connectivity index (χ0n) is 12.1. The minimum absolute atomic E-state index is 0.303. The molecule has 0 bridgehead atoms. The fourth-order valence-corrected chi connectivity index (χ4v) is 2.76. The average Bonchev–Trinajstić information content (AvgIpc) is 2.43. The van der Waals surface area contributed by atoms with Crippen LogP contribution in [0, 0.1) is 6.92 Å². The van der Waals surface area contributed by atoms with Crippen LogP contribution in [-0.4, -0.2) is 19.8 Å². The van der Waals surface area contributed by atoms with Crippen LogP contribution in [0.15, 0.2) is 48.5 Å². The van der Waals surface area contributed by atoms with E-state index in [1.165, 1.54) is 11.4 Å². The minimum atomic E-state index is -3.61. The lowest BCUT2D eigenvalue weighted by Gasteiger charge is -2.18. The Morgan fingerprint density at radius 1 is 1.14 bits per heavy atom. The molecule has 0 spiro atoms. The molecule has 0 heterocycles. The Morgan fingerprint density at radius 3 is 2.43 bits per heavy atom. The number of aryl methyl sites for hydroxylation is 1. The van der Waals surface area contributed by atoms with Gasteiger partial charge in [0.05, 0.1) is 5.69 Å². The second-order valence-electron chi connectivity index (χ2n) is 4.92. The van der Waals surface area contributed by atoms with E-state index < -0.39 is 10.2 Å². The van der Waals surface area contributed by atoms with Crippen molar-refractivity contribution in [2.45, 2.75) is 13.5 Å². The molecular formula is C15H19N3O2S. The fraction of sp³-hybridized carbons (Fsp3) is 0.200. The van der Waals surface area contributed by atoms with Gasteiger partial charge in [0.25, 0.3) is 0 Å². The highest BCUT2D eigenvalue weighted by atomic mass is 32.2. The fourth-order valence-electron chi connectivity index (χ4n) is 1.86. The SMILES string of the molecule is Cc1ccc(NS(=O)(=O)N(C)Cc2ccccc2)cc1N. The topological polar surface area (TPSA) is 75.4 Å². The van der Waals surface area contributed by atoms with Gasteiger partial charge in [-0.05, 0) is 30.2 Å². The minimum Gasteiger partial charge on any atom is -0.398 e. The van der Waals surface area contributed by atoms with Crippen molar-refractivity contribution in [3.63, 3.8) is 0 Å². The summed E-state index contributed by atoms with van der Waals surface area (Å²) in [5.41, 5.74) is 8.64. The van der Waals surface area contributed by atoms with Crippen LogP contribution in [0.1, 0.15) is 11.1 Å². The van der Waals surface area contributed by atoms with E-state index in [4.69, 9.17) is 5.73 Å². The van der Waals surface area contributed by atoms with Crippen LogP contribution >= 0.6 is 0 Å². The first kappa shape index (κ1) is 15.3. The monoisotopic (exact) mass is 305 g/mol. The number of nitrogens with two attached hydrogens (primary N) is 1. The van der Waals surface area contributed by atoms with Crippen molar-refractivity contribution < 1.29 is 8.42 Å². The predicted molar refractivity (Wildman–Crippen MR) is 86.0 cm³/mol. The summed E-state index contributed by atoms with van der Waals surface area (Å²) in [4.78, 5) is 0. The highest BCUT2D eigenvalue weighted by Gasteiger charge is 2.18. The molecule has 112 valence electrons. The summed E-state index contributed by atoms with van der Waals surface area (Å²) in [6.07, 6.45) is 0. The van der Waals surface area contributed by atoms with E-state index in [1.807, 2.05) is 37.3 Å². The molecule has 2 rings (SSSR count). The Bertz CT molecular complexity index is 715. The van der Waals surface area contributed by atoms with Crippen LogP contribution in [0.5, 0.6) is 0 Å². The molecule has 0 radical (unpaired) electrons. The van der Waals surface area contributed by atoms with E-state index >= 15 is 0 Å². The van der Waals surface area contributed by atoms with Crippen LogP contribution in [0.2, 0.25) is 0 Å². The molecule has 0 atom stereocenters. The van der Waals surface area contributed by atoms with Crippen molar-refractivity contribution in [3.8, 4) is 0 Å². The molecule has 21 heavy (non-hydrogen) atoms. The van der Waals surface area contributed by atoms with Gasteiger partial charge in [0.1, 0.15) is 0 Å². The first-order valence-corrected chi connectivity index (χ1v) is 7.96. The third-order valence-corrected chi connectivity index (χ3v) is 4.63. The molecule has 0 aliphatic carbocycles. The maximum atomic E-state index is 12.3. The number of hydrogen-bond donors (Lipinski definition) is 2. The van der Waals surface area contributed by atoms with Gasteiger partial charge >= 0.3 is 10.2 Å². The van der Waals surface area contributed by atoms with Gasteiger partial charge in [0.2, 0.25) is 0 Å². The van der Waals surface area contributed by atoms with Gasteiger partial charge in [-0.1, -0.05) is 36.4 Å². The van der Waals surface area contributed by atoms with E-state index in [2.05, 4.69) is 4.72 Å². The zero-order valence-corrected chi connectivity index (χ0v) is 12.9. The highest BCUT2D eigenvalue weighted by Crippen LogP contribution is 2.19. The van der Waals surface area contributed by atoms with Crippen molar-refractivity contribution >= 4 is 21.6 Å². The lowest BCUT2D eigenvalue weighted by atomic mass is 10.2. The summed E-state index contributed by atoms with van der Waals surface area (Å²) in [7, 11) is -2.08. The molecule has 2 aromatic carbocycles. The molecule has 5 nitrogen and oxygen atoms in total. The Morgan fingerprint density at radius 2 is 1.81 bits per heavy atom. The maximum absolute atomic E-state index is 12.3. The molecule has 0 saturated heterocycles. The quantitative estimate of drug-likeness (QED) is 0.833. The number of hydrogen-bond acceptors (Lipinski definition) is 3. The largest absolute Gasteiger partial charge is 0.398 e. The zero-order chi connectivity index (χ0) is 15.5. The molecular weight excluding hydrogens is 286 g/mol. The Balaban J connectivity index is 2.12. The van der Waals surface area contributed by atoms with Crippen LogP contribution < -0.4 is 10.5 Å². The van der Waals surface area contributed by atoms with Crippen LogP contribution in [0.4, 0.5) is 11.4 Å². The molecule has 2 aromatic rings. The number of nitrogen functional groups attached to an aromatic ring is 1. The molecule has 6 heteroatoms. The Labute approximate surface area is 125 Å². The van der Waals surface area contributed by atoms with Crippen molar-refractivity contribution in [2.75, 3.05) is 17.5 Å². The van der Waals surface area contributed by atoms with Gasteiger partial charge < -0.3 is 5.73 Å². The van der Waals surface area contributed by atoms with E-state index in [1.54, 1.807) is 18.2 Å². The highest BCUT2D eigenvalue weighted by molar-refractivity contribution is 7.90.